The van der Waals surface area contributed by atoms with Gasteiger partial charge in [0.05, 0.1) is 18.2 Å². The standard InChI is InChI=1S/C16H24N4O.HI/c1-3-18-16(19-10-5-11-21-4-2)20-13-15-8-6-14(12-17)7-9-15;/h6-9H,3-5,10-11,13H2,1-2H3,(H2,18,19,20);1H. The molecule has 1 aromatic carbocycles. The molecule has 0 aliphatic carbocycles. The van der Waals surface area contributed by atoms with Gasteiger partial charge in [0.2, 0.25) is 0 Å². The summed E-state index contributed by atoms with van der Waals surface area (Å²) in [7, 11) is 0. The lowest BCUT2D eigenvalue weighted by Crippen LogP contribution is -2.38. The third-order valence-corrected chi connectivity index (χ3v) is 2.81. The molecule has 122 valence electrons. The first kappa shape index (κ1) is 20.7. The van der Waals surface area contributed by atoms with Gasteiger partial charge in [0.25, 0.3) is 0 Å². The molecule has 2 N–H and O–H groups in total. The lowest BCUT2D eigenvalue weighted by molar-refractivity contribution is 0.145. The lowest BCUT2D eigenvalue weighted by Gasteiger charge is -2.11. The molecule has 0 saturated carbocycles. The topological polar surface area (TPSA) is 69.4 Å². The van der Waals surface area contributed by atoms with Gasteiger partial charge in [-0.1, -0.05) is 12.1 Å². The van der Waals surface area contributed by atoms with Crippen LogP contribution in [0.25, 0.3) is 0 Å². The van der Waals surface area contributed by atoms with Crippen molar-refractivity contribution in [3.8, 4) is 6.07 Å². The van der Waals surface area contributed by atoms with E-state index in [0.717, 1.165) is 44.2 Å². The number of nitriles is 1. The van der Waals surface area contributed by atoms with Gasteiger partial charge in [-0.3, -0.25) is 0 Å². The Bertz CT molecular complexity index is 468. The van der Waals surface area contributed by atoms with Crippen molar-refractivity contribution in [2.45, 2.75) is 26.8 Å². The molecule has 0 aliphatic rings. The zero-order valence-corrected chi connectivity index (χ0v) is 15.6. The van der Waals surface area contributed by atoms with Gasteiger partial charge < -0.3 is 15.4 Å². The maximum atomic E-state index is 8.77. The van der Waals surface area contributed by atoms with Crippen LogP contribution in [0.5, 0.6) is 0 Å². The zero-order chi connectivity index (χ0) is 15.3. The van der Waals surface area contributed by atoms with Crippen LogP contribution >= 0.6 is 24.0 Å². The molecular formula is C16H25IN4O. The molecule has 0 amide bonds. The van der Waals surface area contributed by atoms with E-state index >= 15 is 0 Å². The SMILES string of the molecule is CCNC(=NCc1ccc(C#N)cc1)NCCCOCC.I. The Morgan fingerprint density at radius 2 is 1.95 bits per heavy atom. The molecule has 0 fully saturated rings. The van der Waals surface area contributed by atoms with Crippen molar-refractivity contribution in [1.82, 2.24) is 10.6 Å². The first-order valence-corrected chi connectivity index (χ1v) is 7.39. The number of ether oxygens (including phenoxy) is 1. The van der Waals surface area contributed by atoms with Crippen molar-refractivity contribution in [2.75, 3.05) is 26.3 Å². The van der Waals surface area contributed by atoms with Gasteiger partial charge in [0, 0.05) is 26.3 Å². The van der Waals surface area contributed by atoms with E-state index in [1.165, 1.54) is 0 Å². The fraction of sp³-hybridized carbons (Fsp3) is 0.500. The summed E-state index contributed by atoms with van der Waals surface area (Å²) in [5.41, 5.74) is 1.75. The Morgan fingerprint density at radius 3 is 2.55 bits per heavy atom. The predicted molar refractivity (Wildman–Crippen MR) is 101 cm³/mol. The lowest BCUT2D eigenvalue weighted by atomic mass is 10.1. The zero-order valence-electron chi connectivity index (χ0n) is 13.3. The molecule has 6 heteroatoms. The molecule has 0 aliphatic heterocycles. The molecule has 22 heavy (non-hydrogen) atoms. The quantitative estimate of drug-likeness (QED) is 0.296. The second-order valence-corrected chi connectivity index (χ2v) is 4.48. The first-order valence-electron chi connectivity index (χ1n) is 7.39. The molecule has 0 radical (unpaired) electrons. The van der Waals surface area contributed by atoms with Crippen molar-refractivity contribution in [1.29, 1.82) is 5.26 Å². The van der Waals surface area contributed by atoms with E-state index in [9.17, 15) is 0 Å². The van der Waals surface area contributed by atoms with E-state index in [2.05, 4.69) is 21.7 Å². The summed E-state index contributed by atoms with van der Waals surface area (Å²) in [6, 6.07) is 9.60. The Kier molecular flexibility index (Phi) is 12.5. The molecule has 1 rings (SSSR count). The van der Waals surface area contributed by atoms with Crippen LogP contribution in [0, 0.1) is 11.3 Å². The molecule has 0 aromatic heterocycles. The first-order chi connectivity index (χ1) is 10.3. The normalized spacial score (nSPS) is 10.5. The summed E-state index contributed by atoms with van der Waals surface area (Å²) in [5, 5.41) is 15.3. The maximum absolute atomic E-state index is 8.77. The van der Waals surface area contributed by atoms with E-state index in [0.29, 0.717) is 12.1 Å². The molecule has 0 saturated heterocycles. The number of hydrogen-bond acceptors (Lipinski definition) is 3. The van der Waals surface area contributed by atoms with Crippen LogP contribution in [0.1, 0.15) is 31.4 Å². The third kappa shape index (κ3) is 8.85. The monoisotopic (exact) mass is 416 g/mol. The molecule has 0 heterocycles. The highest BCUT2D eigenvalue weighted by Crippen LogP contribution is 2.04. The molecular weight excluding hydrogens is 391 g/mol. The highest BCUT2D eigenvalue weighted by Gasteiger charge is 1.98. The van der Waals surface area contributed by atoms with Crippen molar-refractivity contribution in [3.63, 3.8) is 0 Å². The highest BCUT2D eigenvalue weighted by molar-refractivity contribution is 14.0. The van der Waals surface area contributed by atoms with Crippen LogP contribution in [0.3, 0.4) is 0 Å². The average Bonchev–Trinajstić information content (AvgIpc) is 2.52. The van der Waals surface area contributed by atoms with Crippen molar-refractivity contribution in [2.24, 2.45) is 4.99 Å². The van der Waals surface area contributed by atoms with E-state index in [-0.39, 0.29) is 24.0 Å². The summed E-state index contributed by atoms with van der Waals surface area (Å²) in [6.45, 7) is 7.80. The van der Waals surface area contributed by atoms with Gasteiger partial charge in [-0.25, -0.2) is 4.99 Å². The summed E-state index contributed by atoms with van der Waals surface area (Å²) >= 11 is 0. The average molecular weight is 416 g/mol. The van der Waals surface area contributed by atoms with Gasteiger partial charge in [0.15, 0.2) is 5.96 Å². The van der Waals surface area contributed by atoms with Gasteiger partial charge in [-0.2, -0.15) is 5.26 Å². The number of benzene rings is 1. The van der Waals surface area contributed by atoms with Gasteiger partial charge in [0.1, 0.15) is 0 Å². The number of halogens is 1. The number of nitrogens with one attached hydrogen (secondary N) is 2. The Balaban J connectivity index is 0.00000441. The minimum absolute atomic E-state index is 0. The van der Waals surface area contributed by atoms with E-state index in [4.69, 9.17) is 10.00 Å². The fourth-order valence-electron chi connectivity index (χ4n) is 1.72. The third-order valence-electron chi connectivity index (χ3n) is 2.81. The summed E-state index contributed by atoms with van der Waals surface area (Å²) in [6.07, 6.45) is 0.953. The molecule has 1 aromatic rings. The van der Waals surface area contributed by atoms with Gasteiger partial charge in [-0.05, 0) is 38.0 Å². The fourth-order valence-corrected chi connectivity index (χ4v) is 1.72. The van der Waals surface area contributed by atoms with E-state index in [1.807, 2.05) is 38.1 Å². The van der Waals surface area contributed by atoms with Crippen LogP contribution in [0.2, 0.25) is 0 Å². The van der Waals surface area contributed by atoms with Crippen LogP contribution < -0.4 is 10.6 Å². The Hall–Kier alpha value is -1.33. The summed E-state index contributed by atoms with van der Waals surface area (Å²) < 4.78 is 5.30. The molecule has 0 atom stereocenters. The predicted octanol–water partition coefficient (Wildman–Crippen LogP) is 2.66. The van der Waals surface area contributed by atoms with Crippen molar-refractivity contribution >= 4 is 29.9 Å². The largest absolute Gasteiger partial charge is 0.382 e. The smallest absolute Gasteiger partial charge is 0.191 e. The number of nitrogens with zero attached hydrogens (tertiary/aromatic N) is 2. The molecule has 0 spiro atoms. The number of aliphatic imine (C=N–C) groups is 1. The van der Waals surface area contributed by atoms with E-state index < -0.39 is 0 Å². The minimum Gasteiger partial charge on any atom is -0.382 e. The second kappa shape index (κ2) is 13.3. The molecule has 5 nitrogen and oxygen atoms in total. The number of hydrogen-bond donors (Lipinski definition) is 2. The summed E-state index contributed by atoms with van der Waals surface area (Å²) in [4.78, 5) is 4.53. The summed E-state index contributed by atoms with van der Waals surface area (Å²) in [5.74, 6) is 0.804. The van der Waals surface area contributed by atoms with Crippen LogP contribution in [-0.4, -0.2) is 32.3 Å². The number of guanidine groups is 1. The van der Waals surface area contributed by atoms with Crippen LogP contribution in [0.15, 0.2) is 29.3 Å². The van der Waals surface area contributed by atoms with Crippen LogP contribution in [-0.2, 0) is 11.3 Å². The van der Waals surface area contributed by atoms with Gasteiger partial charge >= 0.3 is 0 Å². The van der Waals surface area contributed by atoms with Gasteiger partial charge in [-0.15, -0.1) is 24.0 Å². The second-order valence-electron chi connectivity index (χ2n) is 4.48. The maximum Gasteiger partial charge on any atom is 0.191 e. The Labute approximate surface area is 150 Å². The Morgan fingerprint density at radius 1 is 1.23 bits per heavy atom. The van der Waals surface area contributed by atoms with E-state index in [1.54, 1.807) is 0 Å². The minimum atomic E-state index is 0. The van der Waals surface area contributed by atoms with Crippen molar-refractivity contribution < 1.29 is 4.74 Å². The van der Waals surface area contributed by atoms with Crippen molar-refractivity contribution in [3.05, 3.63) is 35.4 Å². The molecule has 0 unspecified atom stereocenters. The highest BCUT2D eigenvalue weighted by atomic mass is 127. The molecule has 0 bridgehead atoms. The van der Waals surface area contributed by atoms with Crippen LogP contribution in [0.4, 0.5) is 0 Å². The number of rotatable bonds is 8.